The summed E-state index contributed by atoms with van der Waals surface area (Å²) in [4.78, 5) is 4.51. The number of amidine groups is 1. The minimum Gasteiger partial charge on any atom is -0.387 e. The second-order valence-corrected chi connectivity index (χ2v) is 5.58. The van der Waals surface area contributed by atoms with Crippen molar-refractivity contribution in [3.05, 3.63) is 35.4 Å². The van der Waals surface area contributed by atoms with Crippen LogP contribution in [0.3, 0.4) is 0 Å². The van der Waals surface area contributed by atoms with Crippen LogP contribution in [0, 0.1) is 5.41 Å². The summed E-state index contributed by atoms with van der Waals surface area (Å²) in [6, 6.07) is 8.60. The highest BCUT2D eigenvalue weighted by Crippen LogP contribution is 2.34. The molecule has 1 aromatic carbocycles. The van der Waals surface area contributed by atoms with Crippen molar-refractivity contribution in [1.29, 1.82) is 0 Å². The SMILES string of the molecule is CC(C)(C)C(N)=NCC1Cc2ccccc21. The minimum atomic E-state index is -0.0106. The molecule has 0 spiro atoms. The largest absolute Gasteiger partial charge is 0.387 e. The quantitative estimate of drug-likeness (QED) is 0.599. The zero-order valence-corrected chi connectivity index (χ0v) is 10.3. The molecule has 0 amide bonds. The van der Waals surface area contributed by atoms with Crippen LogP contribution >= 0.6 is 0 Å². The fraction of sp³-hybridized carbons (Fsp3) is 0.500. The van der Waals surface area contributed by atoms with Gasteiger partial charge >= 0.3 is 0 Å². The van der Waals surface area contributed by atoms with Gasteiger partial charge < -0.3 is 5.73 Å². The molecule has 2 heteroatoms. The number of hydrogen-bond acceptors (Lipinski definition) is 1. The Balaban J connectivity index is 2.00. The molecule has 16 heavy (non-hydrogen) atoms. The molecule has 0 aromatic heterocycles. The zero-order chi connectivity index (χ0) is 11.8. The first-order valence-electron chi connectivity index (χ1n) is 5.86. The first-order valence-corrected chi connectivity index (χ1v) is 5.86. The first-order chi connectivity index (χ1) is 7.48. The third-order valence-electron chi connectivity index (χ3n) is 3.21. The van der Waals surface area contributed by atoms with Crippen molar-refractivity contribution in [3.63, 3.8) is 0 Å². The van der Waals surface area contributed by atoms with E-state index in [2.05, 4.69) is 50.0 Å². The van der Waals surface area contributed by atoms with Gasteiger partial charge in [-0.3, -0.25) is 4.99 Å². The van der Waals surface area contributed by atoms with Gasteiger partial charge in [0.2, 0.25) is 0 Å². The molecular weight excluding hydrogens is 196 g/mol. The maximum atomic E-state index is 5.95. The maximum Gasteiger partial charge on any atom is 0.0991 e. The second-order valence-electron chi connectivity index (χ2n) is 5.58. The molecule has 0 heterocycles. The van der Waals surface area contributed by atoms with Crippen molar-refractivity contribution in [2.45, 2.75) is 33.1 Å². The van der Waals surface area contributed by atoms with Gasteiger partial charge in [-0.2, -0.15) is 0 Å². The van der Waals surface area contributed by atoms with E-state index in [9.17, 15) is 0 Å². The Morgan fingerprint density at radius 1 is 1.38 bits per heavy atom. The predicted molar refractivity (Wildman–Crippen MR) is 68.8 cm³/mol. The number of fused-ring (bicyclic) bond motifs is 1. The van der Waals surface area contributed by atoms with Gasteiger partial charge in [0.25, 0.3) is 0 Å². The van der Waals surface area contributed by atoms with E-state index in [1.165, 1.54) is 11.1 Å². The van der Waals surface area contributed by atoms with Crippen molar-refractivity contribution in [2.24, 2.45) is 16.1 Å². The lowest BCUT2D eigenvalue weighted by Crippen LogP contribution is -2.30. The van der Waals surface area contributed by atoms with Crippen molar-refractivity contribution >= 4 is 5.84 Å². The van der Waals surface area contributed by atoms with E-state index in [0.29, 0.717) is 5.92 Å². The van der Waals surface area contributed by atoms with E-state index < -0.39 is 0 Å². The Hall–Kier alpha value is -1.31. The Bertz CT molecular complexity index is 413. The van der Waals surface area contributed by atoms with Crippen molar-refractivity contribution in [3.8, 4) is 0 Å². The molecule has 2 N–H and O–H groups in total. The normalized spacial score (nSPS) is 20.2. The van der Waals surface area contributed by atoms with Crippen LogP contribution in [0.25, 0.3) is 0 Å². The van der Waals surface area contributed by atoms with Gasteiger partial charge in [0.1, 0.15) is 0 Å². The summed E-state index contributed by atoms with van der Waals surface area (Å²) in [7, 11) is 0. The standard InChI is InChI=1S/C14H20N2/c1-14(2,3)13(15)16-9-11-8-10-6-4-5-7-12(10)11/h4-7,11H,8-9H2,1-3H3,(H2,15,16). The van der Waals surface area contributed by atoms with Crippen LogP contribution in [0.5, 0.6) is 0 Å². The number of rotatable bonds is 2. The van der Waals surface area contributed by atoms with Gasteiger partial charge in [-0.1, -0.05) is 45.0 Å². The van der Waals surface area contributed by atoms with Gasteiger partial charge in [0.15, 0.2) is 0 Å². The number of hydrogen-bond donors (Lipinski definition) is 1. The average molecular weight is 216 g/mol. The number of aliphatic imine (C=N–C) groups is 1. The van der Waals surface area contributed by atoms with Crippen LogP contribution in [0.2, 0.25) is 0 Å². The minimum absolute atomic E-state index is 0.0106. The fourth-order valence-electron chi connectivity index (χ4n) is 1.97. The van der Waals surface area contributed by atoms with Crippen molar-refractivity contribution in [2.75, 3.05) is 6.54 Å². The molecular formula is C14H20N2. The molecule has 0 fully saturated rings. The van der Waals surface area contributed by atoms with E-state index in [1.54, 1.807) is 0 Å². The van der Waals surface area contributed by atoms with Crippen LogP contribution in [-0.2, 0) is 6.42 Å². The molecule has 1 aliphatic carbocycles. The molecule has 0 radical (unpaired) electrons. The topological polar surface area (TPSA) is 38.4 Å². The van der Waals surface area contributed by atoms with E-state index in [4.69, 9.17) is 5.73 Å². The van der Waals surface area contributed by atoms with Gasteiger partial charge in [0.05, 0.1) is 5.84 Å². The van der Waals surface area contributed by atoms with Crippen LogP contribution in [0.15, 0.2) is 29.3 Å². The molecule has 0 saturated heterocycles. The van der Waals surface area contributed by atoms with Crippen molar-refractivity contribution < 1.29 is 0 Å². The lowest BCUT2D eigenvalue weighted by molar-refractivity contribution is 0.568. The molecule has 2 rings (SSSR count). The maximum absolute atomic E-state index is 5.95. The summed E-state index contributed by atoms with van der Waals surface area (Å²) >= 11 is 0. The molecule has 1 aliphatic rings. The number of benzene rings is 1. The summed E-state index contributed by atoms with van der Waals surface area (Å²) in [6.07, 6.45) is 1.15. The van der Waals surface area contributed by atoms with Gasteiger partial charge in [-0.25, -0.2) is 0 Å². The predicted octanol–water partition coefficient (Wildman–Crippen LogP) is 2.73. The summed E-state index contributed by atoms with van der Waals surface area (Å²) in [5.74, 6) is 1.34. The number of nitrogens with zero attached hydrogens (tertiary/aromatic N) is 1. The van der Waals surface area contributed by atoms with Crippen LogP contribution in [0.1, 0.15) is 37.8 Å². The summed E-state index contributed by atoms with van der Waals surface area (Å²) in [6.45, 7) is 7.13. The molecule has 1 aromatic rings. The summed E-state index contributed by atoms with van der Waals surface area (Å²) in [5.41, 5.74) is 8.86. The number of nitrogens with two attached hydrogens (primary N) is 1. The Morgan fingerprint density at radius 2 is 2.06 bits per heavy atom. The van der Waals surface area contributed by atoms with E-state index in [-0.39, 0.29) is 5.41 Å². The zero-order valence-electron chi connectivity index (χ0n) is 10.3. The van der Waals surface area contributed by atoms with E-state index in [1.807, 2.05) is 0 Å². The lowest BCUT2D eigenvalue weighted by Gasteiger charge is -2.29. The van der Waals surface area contributed by atoms with E-state index >= 15 is 0 Å². The molecule has 2 nitrogen and oxygen atoms in total. The van der Waals surface area contributed by atoms with Gasteiger partial charge in [0, 0.05) is 17.9 Å². The second kappa shape index (κ2) is 3.93. The Kier molecular flexibility index (Phi) is 2.75. The monoisotopic (exact) mass is 216 g/mol. The Morgan fingerprint density at radius 3 is 2.69 bits per heavy atom. The molecule has 0 saturated carbocycles. The molecule has 1 atom stereocenters. The third-order valence-corrected chi connectivity index (χ3v) is 3.21. The first kappa shape index (κ1) is 11.2. The highest BCUT2D eigenvalue weighted by molar-refractivity contribution is 5.85. The van der Waals surface area contributed by atoms with Crippen LogP contribution in [0.4, 0.5) is 0 Å². The summed E-state index contributed by atoms with van der Waals surface area (Å²) < 4.78 is 0. The summed E-state index contributed by atoms with van der Waals surface area (Å²) in [5, 5.41) is 0. The van der Waals surface area contributed by atoms with Gasteiger partial charge in [-0.05, 0) is 17.5 Å². The molecule has 0 aliphatic heterocycles. The fourth-order valence-corrected chi connectivity index (χ4v) is 1.97. The van der Waals surface area contributed by atoms with Crippen LogP contribution in [-0.4, -0.2) is 12.4 Å². The molecule has 1 unspecified atom stereocenters. The van der Waals surface area contributed by atoms with E-state index in [0.717, 1.165) is 18.8 Å². The average Bonchev–Trinajstić information content (AvgIpc) is 2.17. The molecule has 0 bridgehead atoms. The highest BCUT2D eigenvalue weighted by atomic mass is 14.9. The van der Waals surface area contributed by atoms with Gasteiger partial charge in [-0.15, -0.1) is 0 Å². The highest BCUT2D eigenvalue weighted by Gasteiger charge is 2.25. The smallest absolute Gasteiger partial charge is 0.0991 e. The Labute approximate surface area is 97.6 Å². The third kappa shape index (κ3) is 2.11. The lowest BCUT2D eigenvalue weighted by atomic mass is 9.78. The molecule has 86 valence electrons. The van der Waals surface area contributed by atoms with Crippen LogP contribution < -0.4 is 5.73 Å². The van der Waals surface area contributed by atoms with Crippen molar-refractivity contribution in [1.82, 2.24) is 0 Å².